The summed E-state index contributed by atoms with van der Waals surface area (Å²) < 4.78 is 11.3. The molecule has 0 aromatic heterocycles. The van der Waals surface area contributed by atoms with Crippen LogP contribution in [-0.2, 0) is 19.1 Å². The number of carbonyl (C=O) groups excluding carboxylic acids is 2. The predicted octanol–water partition coefficient (Wildman–Crippen LogP) is 9.99. The third kappa shape index (κ3) is 31.6. The summed E-state index contributed by atoms with van der Waals surface area (Å²) in [6, 6.07) is 0. The standard InChI is InChI=1S/C39H77N3O4S/c1-6-9-12-13-14-18-25-35-45-37(43)29-22-19-24-33-42(34-26-31-40-39(47)41(4)5)32-23-17-15-16-21-30-38(44)46-36(27-11-8-3)28-20-10-7-2/h36H,6-35H2,1-5H3,(H,40,47). The molecule has 1 N–H and O–H groups in total. The molecule has 1 unspecified atom stereocenters. The van der Waals surface area contributed by atoms with Crippen LogP contribution in [0, 0.1) is 0 Å². The van der Waals surface area contributed by atoms with E-state index in [0.717, 1.165) is 121 Å². The molecule has 278 valence electrons. The Hall–Kier alpha value is -1.41. The van der Waals surface area contributed by atoms with Crippen molar-refractivity contribution in [2.75, 3.05) is 46.9 Å². The lowest BCUT2D eigenvalue weighted by Gasteiger charge is -2.23. The molecule has 0 amide bonds. The zero-order valence-corrected chi connectivity index (χ0v) is 32.5. The Morgan fingerprint density at radius 3 is 1.72 bits per heavy atom. The summed E-state index contributed by atoms with van der Waals surface area (Å²) in [5, 5.41) is 4.12. The van der Waals surface area contributed by atoms with E-state index in [1.54, 1.807) is 0 Å². The number of hydrogen-bond donors (Lipinski definition) is 1. The summed E-state index contributed by atoms with van der Waals surface area (Å²) in [5.41, 5.74) is 0. The topological polar surface area (TPSA) is 71.1 Å². The highest BCUT2D eigenvalue weighted by atomic mass is 32.1. The fourth-order valence-electron chi connectivity index (χ4n) is 5.79. The molecule has 0 aromatic carbocycles. The van der Waals surface area contributed by atoms with Gasteiger partial charge in [0.15, 0.2) is 5.11 Å². The number of thiocarbonyl (C=S) groups is 1. The van der Waals surface area contributed by atoms with Crippen molar-refractivity contribution < 1.29 is 19.1 Å². The van der Waals surface area contributed by atoms with Gasteiger partial charge in [0.25, 0.3) is 0 Å². The van der Waals surface area contributed by atoms with Gasteiger partial charge >= 0.3 is 11.9 Å². The smallest absolute Gasteiger partial charge is 0.306 e. The van der Waals surface area contributed by atoms with Crippen LogP contribution in [0.3, 0.4) is 0 Å². The van der Waals surface area contributed by atoms with Crippen molar-refractivity contribution in [2.24, 2.45) is 0 Å². The van der Waals surface area contributed by atoms with Crippen LogP contribution in [0.1, 0.15) is 181 Å². The van der Waals surface area contributed by atoms with Crippen LogP contribution in [0.15, 0.2) is 0 Å². The van der Waals surface area contributed by atoms with E-state index in [1.807, 2.05) is 19.0 Å². The number of rotatable bonds is 34. The summed E-state index contributed by atoms with van der Waals surface area (Å²) in [5.74, 6) is -0.0371. The van der Waals surface area contributed by atoms with E-state index in [4.69, 9.17) is 21.7 Å². The zero-order chi connectivity index (χ0) is 34.8. The van der Waals surface area contributed by atoms with Crippen LogP contribution in [0.5, 0.6) is 0 Å². The largest absolute Gasteiger partial charge is 0.466 e. The van der Waals surface area contributed by atoms with Crippen molar-refractivity contribution in [2.45, 2.75) is 187 Å². The quantitative estimate of drug-likeness (QED) is 0.0408. The van der Waals surface area contributed by atoms with Gasteiger partial charge in [0.2, 0.25) is 0 Å². The Labute approximate surface area is 297 Å². The van der Waals surface area contributed by atoms with E-state index in [9.17, 15) is 9.59 Å². The Morgan fingerprint density at radius 1 is 0.596 bits per heavy atom. The van der Waals surface area contributed by atoms with Gasteiger partial charge in [0.05, 0.1) is 6.61 Å². The molecule has 1 atom stereocenters. The summed E-state index contributed by atoms with van der Waals surface area (Å²) in [7, 11) is 3.93. The zero-order valence-electron chi connectivity index (χ0n) is 31.7. The first-order chi connectivity index (χ1) is 22.8. The van der Waals surface area contributed by atoms with E-state index in [2.05, 4.69) is 31.0 Å². The van der Waals surface area contributed by atoms with E-state index >= 15 is 0 Å². The Kier molecular flexibility index (Phi) is 33.4. The average molecular weight is 684 g/mol. The van der Waals surface area contributed by atoms with Gasteiger partial charge in [-0.25, -0.2) is 0 Å². The van der Waals surface area contributed by atoms with E-state index in [0.29, 0.717) is 19.4 Å². The number of hydrogen-bond acceptors (Lipinski definition) is 6. The van der Waals surface area contributed by atoms with Gasteiger partial charge in [-0.2, -0.15) is 0 Å². The molecular formula is C39H77N3O4S. The fraction of sp³-hybridized carbons (Fsp3) is 0.923. The SMILES string of the molecule is CCCCCCCCCOC(=O)CCCCCN(CCCCCCCC(=O)OC(CCCC)CCCCC)CCCNC(=S)N(C)C. The minimum absolute atomic E-state index is 0.00226. The first-order valence-corrected chi connectivity index (χ1v) is 20.3. The number of nitrogens with one attached hydrogen (secondary N) is 1. The maximum Gasteiger partial charge on any atom is 0.306 e. The Bertz CT molecular complexity index is 737. The van der Waals surface area contributed by atoms with Crippen molar-refractivity contribution in [1.29, 1.82) is 0 Å². The Morgan fingerprint density at radius 2 is 1.09 bits per heavy atom. The number of unbranched alkanes of at least 4 members (excludes halogenated alkanes) is 15. The molecule has 0 spiro atoms. The first kappa shape index (κ1) is 45.6. The molecule has 0 bridgehead atoms. The van der Waals surface area contributed by atoms with Crippen LogP contribution >= 0.6 is 12.2 Å². The summed E-state index contributed by atoms with van der Waals surface area (Å²) in [6.45, 7) is 11.3. The summed E-state index contributed by atoms with van der Waals surface area (Å²) >= 11 is 5.37. The average Bonchev–Trinajstić information content (AvgIpc) is 3.05. The van der Waals surface area contributed by atoms with Crippen molar-refractivity contribution in [3.8, 4) is 0 Å². The van der Waals surface area contributed by atoms with Crippen molar-refractivity contribution in [3.05, 3.63) is 0 Å². The number of ether oxygens (including phenoxy) is 2. The molecule has 0 aliphatic rings. The molecule has 0 rings (SSSR count). The molecule has 0 saturated heterocycles. The maximum atomic E-state index is 12.5. The highest BCUT2D eigenvalue weighted by molar-refractivity contribution is 7.80. The maximum absolute atomic E-state index is 12.5. The molecule has 0 aliphatic heterocycles. The molecule has 7 nitrogen and oxygen atoms in total. The van der Waals surface area contributed by atoms with Crippen LogP contribution in [-0.4, -0.2) is 79.8 Å². The van der Waals surface area contributed by atoms with Crippen LogP contribution < -0.4 is 5.32 Å². The highest BCUT2D eigenvalue weighted by Gasteiger charge is 2.14. The minimum atomic E-state index is -0.0349. The monoisotopic (exact) mass is 684 g/mol. The molecule has 0 saturated carbocycles. The number of esters is 2. The lowest BCUT2D eigenvalue weighted by Crippen LogP contribution is -2.36. The first-order valence-electron chi connectivity index (χ1n) is 19.9. The molecular weight excluding hydrogens is 607 g/mol. The van der Waals surface area contributed by atoms with E-state index in [-0.39, 0.29) is 18.0 Å². The van der Waals surface area contributed by atoms with Crippen molar-refractivity contribution in [3.63, 3.8) is 0 Å². The third-order valence-electron chi connectivity index (χ3n) is 8.86. The van der Waals surface area contributed by atoms with Gasteiger partial charge in [-0.1, -0.05) is 111 Å². The summed E-state index contributed by atoms with van der Waals surface area (Å²) in [6.07, 6.45) is 27.4. The highest BCUT2D eigenvalue weighted by Crippen LogP contribution is 2.16. The minimum Gasteiger partial charge on any atom is -0.466 e. The van der Waals surface area contributed by atoms with Crippen LogP contribution in [0.25, 0.3) is 0 Å². The molecule has 0 fully saturated rings. The van der Waals surface area contributed by atoms with E-state index < -0.39 is 0 Å². The van der Waals surface area contributed by atoms with Gasteiger partial charge in [-0.05, 0) is 89.6 Å². The van der Waals surface area contributed by atoms with Gasteiger partial charge in [0.1, 0.15) is 6.10 Å². The van der Waals surface area contributed by atoms with Gasteiger partial charge in [0, 0.05) is 33.5 Å². The fourth-order valence-corrected chi connectivity index (χ4v) is 5.89. The molecule has 0 heterocycles. The number of nitrogens with zero attached hydrogens (tertiary/aromatic N) is 2. The normalized spacial score (nSPS) is 11.9. The summed E-state index contributed by atoms with van der Waals surface area (Å²) in [4.78, 5) is 29.1. The van der Waals surface area contributed by atoms with E-state index in [1.165, 1.54) is 57.8 Å². The predicted molar refractivity (Wildman–Crippen MR) is 204 cm³/mol. The van der Waals surface area contributed by atoms with Gasteiger partial charge in [-0.15, -0.1) is 0 Å². The lowest BCUT2D eigenvalue weighted by atomic mass is 10.1. The molecule has 0 aromatic rings. The molecule has 47 heavy (non-hydrogen) atoms. The van der Waals surface area contributed by atoms with Gasteiger partial charge < -0.3 is 24.6 Å². The van der Waals surface area contributed by atoms with Gasteiger partial charge in [-0.3, -0.25) is 9.59 Å². The second-order valence-electron chi connectivity index (χ2n) is 13.7. The lowest BCUT2D eigenvalue weighted by molar-refractivity contribution is -0.150. The second kappa shape index (κ2) is 34.5. The molecule has 0 radical (unpaired) electrons. The Balaban J connectivity index is 4.24. The van der Waals surface area contributed by atoms with Crippen LogP contribution in [0.4, 0.5) is 0 Å². The molecule has 0 aliphatic carbocycles. The number of carbonyl (C=O) groups is 2. The van der Waals surface area contributed by atoms with Crippen molar-refractivity contribution >= 4 is 29.3 Å². The van der Waals surface area contributed by atoms with Crippen molar-refractivity contribution in [1.82, 2.24) is 15.1 Å². The second-order valence-corrected chi connectivity index (χ2v) is 14.1. The molecule has 8 heteroatoms. The van der Waals surface area contributed by atoms with Crippen LogP contribution in [0.2, 0.25) is 0 Å². The third-order valence-corrected chi connectivity index (χ3v) is 9.37.